The molecule has 2 fully saturated rings. The van der Waals surface area contributed by atoms with Gasteiger partial charge in [0, 0.05) is 11.8 Å². The molecule has 2 heteroatoms. The Morgan fingerprint density at radius 2 is 1.95 bits per heavy atom. The Morgan fingerprint density at radius 3 is 2.73 bits per heavy atom. The van der Waals surface area contributed by atoms with Crippen LogP contribution in [0.3, 0.4) is 0 Å². The molecule has 4 aliphatic carbocycles. The number of carbonyl (C=O) groups is 1. The van der Waals surface area contributed by atoms with Gasteiger partial charge in [0.15, 0.2) is 0 Å². The Kier molecular flexibility index (Phi) is 2.92. The van der Waals surface area contributed by atoms with Crippen molar-refractivity contribution in [1.82, 2.24) is 0 Å². The van der Waals surface area contributed by atoms with E-state index in [1.54, 1.807) is 0 Å². The number of rotatable bonds is 0. The molecule has 0 spiro atoms. The summed E-state index contributed by atoms with van der Waals surface area (Å²) in [5.41, 5.74) is 2.11. The summed E-state index contributed by atoms with van der Waals surface area (Å²) in [6.45, 7) is 8.50. The number of ketones is 1. The van der Waals surface area contributed by atoms with Crippen LogP contribution in [0.2, 0.25) is 0 Å². The zero-order valence-corrected chi connectivity index (χ0v) is 13.6. The maximum atomic E-state index is 12.4. The van der Waals surface area contributed by atoms with Crippen molar-refractivity contribution >= 4 is 5.78 Å². The Labute approximate surface area is 133 Å². The van der Waals surface area contributed by atoms with Gasteiger partial charge in [-0.05, 0) is 60.0 Å². The van der Waals surface area contributed by atoms with Crippen molar-refractivity contribution in [3.63, 3.8) is 0 Å². The van der Waals surface area contributed by atoms with Crippen molar-refractivity contribution in [3.8, 4) is 0 Å². The van der Waals surface area contributed by atoms with Crippen molar-refractivity contribution < 1.29 is 9.90 Å². The highest BCUT2D eigenvalue weighted by Gasteiger charge is 2.58. The topological polar surface area (TPSA) is 37.3 Å². The first-order valence-corrected chi connectivity index (χ1v) is 8.67. The fourth-order valence-corrected chi connectivity index (χ4v) is 5.91. The fourth-order valence-electron chi connectivity index (χ4n) is 5.91. The Bertz CT molecular complexity index is 613. The molecule has 0 heterocycles. The molecule has 6 atom stereocenters. The first kappa shape index (κ1) is 14.4. The van der Waals surface area contributed by atoms with E-state index < -0.39 is 6.10 Å². The van der Waals surface area contributed by atoms with E-state index in [2.05, 4.69) is 38.7 Å². The summed E-state index contributed by atoms with van der Waals surface area (Å²) >= 11 is 0. The predicted octanol–water partition coefficient (Wildman–Crippen LogP) is 3.82. The van der Waals surface area contributed by atoms with Crippen LogP contribution in [0, 0.1) is 28.6 Å². The SMILES string of the molecule is C=C1C=C2C=C[C@@H]3[C@@H](CC[C@]4(C)C(=O)CC[C@@H]34)[C@@]2(C)CC1O. The van der Waals surface area contributed by atoms with E-state index in [0.29, 0.717) is 23.5 Å². The fraction of sp³-hybridized carbons (Fsp3) is 0.650. The number of fused-ring (bicyclic) bond motifs is 5. The summed E-state index contributed by atoms with van der Waals surface area (Å²) in [6.07, 6.45) is 11.0. The van der Waals surface area contributed by atoms with Crippen LogP contribution in [0.4, 0.5) is 0 Å². The van der Waals surface area contributed by atoms with Gasteiger partial charge in [0.1, 0.15) is 5.78 Å². The number of Topliss-reactive ketones (excluding diaryl/α,β-unsaturated/α-hetero) is 1. The van der Waals surface area contributed by atoms with Gasteiger partial charge >= 0.3 is 0 Å². The smallest absolute Gasteiger partial charge is 0.139 e. The Balaban J connectivity index is 1.77. The van der Waals surface area contributed by atoms with Gasteiger partial charge in [-0.1, -0.05) is 38.7 Å². The highest BCUT2D eigenvalue weighted by Crippen LogP contribution is 2.62. The Morgan fingerprint density at radius 1 is 1.23 bits per heavy atom. The molecule has 0 aromatic rings. The summed E-state index contributed by atoms with van der Waals surface area (Å²) in [5.74, 6) is 2.02. The first-order valence-electron chi connectivity index (χ1n) is 8.67. The maximum absolute atomic E-state index is 12.4. The average Bonchev–Trinajstić information content (AvgIpc) is 2.77. The zero-order chi connectivity index (χ0) is 15.7. The van der Waals surface area contributed by atoms with Crippen molar-refractivity contribution in [2.45, 2.75) is 52.1 Å². The minimum Gasteiger partial charge on any atom is -0.388 e. The minimum absolute atomic E-state index is 0.0347. The van der Waals surface area contributed by atoms with Crippen LogP contribution in [0.1, 0.15) is 46.0 Å². The lowest BCUT2D eigenvalue weighted by molar-refractivity contribution is -0.130. The highest BCUT2D eigenvalue weighted by atomic mass is 16.3. The van der Waals surface area contributed by atoms with Crippen LogP contribution in [0.5, 0.6) is 0 Å². The zero-order valence-electron chi connectivity index (χ0n) is 13.6. The summed E-state index contributed by atoms with van der Waals surface area (Å²) in [7, 11) is 0. The summed E-state index contributed by atoms with van der Waals surface area (Å²) < 4.78 is 0. The molecule has 1 N–H and O–H groups in total. The van der Waals surface area contributed by atoms with Crippen LogP contribution in [0.15, 0.2) is 36.0 Å². The lowest BCUT2D eigenvalue weighted by Crippen LogP contribution is -2.50. The predicted molar refractivity (Wildman–Crippen MR) is 87.1 cm³/mol. The van der Waals surface area contributed by atoms with Gasteiger partial charge in [-0.3, -0.25) is 4.79 Å². The molecule has 0 aliphatic heterocycles. The van der Waals surface area contributed by atoms with Gasteiger partial charge < -0.3 is 5.11 Å². The number of carbonyl (C=O) groups excluding carboxylic acids is 1. The van der Waals surface area contributed by atoms with Gasteiger partial charge in [-0.2, -0.15) is 0 Å². The number of aliphatic hydroxyl groups excluding tert-OH is 1. The Hall–Kier alpha value is -1.15. The minimum atomic E-state index is -0.417. The van der Waals surface area contributed by atoms with Crippen LogP contribution < -0.4 is 0 Å². The van der Waals surface area contributed by atoms with E-state index >= 15 is 0 Å². The van der Waals surface area contributed by atoms with Crippen LogP contribution in [-0.2, 0) is 4.79 Å². The second kappa shape index (κ2) is 4.44. The standard InChI is InChI=1S/C20H26O2/c1-12-10-13-4-5-14-15-6-7-18(22)19(15,2)9-8-16(14)20(13,3)11-17(12)21/h4-5,10,14-17,21H,1,6-9,11H2,2-3H3/t14-,15-,16+,17?,19-,20-/m0/s1. The largest absolute Gasteiger partial charge is 0.388 e. The molecule has 0 radical (unpaired) electrons. The lowest BCUT2D eigenvalue weighted by atomic mass is 9.49. The van der Waals surface area contributed by atoms with E-state index in [-0.39, 0.29) is 10.8 Å². The van der Waals surface area contributed by atoms with Crippen LogP contribution in [-0.4, -0.2) is 17.0 Å². The van der Waals surface area contributed by atoms with Gasteiger partial charge in [-0.15, -0.1) is 0 Å². The van der Waals surface area contributed by atoms with Crippen LogP contribution in [0.25, 0.3) is 0 Å². The quantitative estimate of drug-likeness (QED) is 0.738. The van der Waals surface area contributed by atoms with Crippen molar-refractivity contribution in [2.24, 2.45) is 28.6 Å². The van der Waals surface area contributed by atoms with Crippen LogP contribution >= 0.6 is 0 Å². The monoisotopic (exact) mass is 298 g/mol. The molecule has 2 nitrogen and oxygen atoms in total. The van der Waals surface area contributed by atoms with E-state index in [1.807, 2.05) is 0 Å². The third kappa shape index (κ3) is 1.68. The molecule has 1 unspecified atom stereocenters. The van der Waals surface area contributed by atoms with Crippen molar-refractivity contribution in [2.75, 3.05) is 0 Å². The summed E-state index contributed by atoms with van der Waals surface area (Å²) in [5, 5.41) is 10.3. The van der Waals surface area contributed by atoms with Gasteiger partial charge in [-0.25, -0.2) is 0 Å². The molecule has 0 aromatic heterocycles. The molecule has 0 aromatic carbocycles. The summed E-state index contributed by atoms with van der Waals surface area (Å²) in [4.78, 5) is 12.4. The second-order valence-electron chi connectivity index (χ2n) is 8.38. The van der Waals surface area contributed by atoms with Gasteiger partial charge in [0.05, 0.1) is 6.10 Å². The van der Waals surface area contributed by atoms with E-state index in [9.17, 15) is 9.90 Å². The maximum Gasteiger partial charge on any atom is 0.139 e. The molecule has 118 valence electrons. The van der Waals surface area contributed by atoms with Crippen molar-refractivity contribution in [1.29, 1.82) is 0 Å². The molecule has 4 rings (SSSR count). The van der Waals surface area contributed by atoms with E-state index in [0.717, 1.165) is 37.7 Å². The molecule has 4 aliphatic rings. The molecule has 0 amide bonds. The molecular formula is C20H26O2. The normalized spacial score (nSPS) is 50.2. The summed E-state index contributed by atoms with van der Waals surface area (Å²) in [6, 6.07) is 0. The van der Waals surface area contributed by atoms with E-state index in [1.165, 1.54) is 5.57 Å². The molecule has 2 saturated carbocycles. The molecular weight excluding hydrogens is 272 g/mol. The molecule has 22 heavy (non-hydrogen) atoms. The van der Waals surface area contributed by atoms with E-state index in [4.69, 9.17) is 0 Å². The molecule has 0 saturated heterocycles. The third-order valence-electron chi connectivity index (χ3n) is 7.40. The second-order valence-corrected chi connectivity index (χ2v) is 8.38. The number of hydrogen-bond donors (Lipinski definition) is 1. The molecule has 0 bridgehead atoms. The van der Waals surface area contributed by atoms with Crippen molar-refractivity contribution in [3.05, 3.63) is 36.0 Å². The number of hydrogen-bond acceptors (Lipinski definition) is 2. The number of aliphatic hydroxyl groups is 1. The van der Waals surface area contributed by atoms with Gasteiger partial charge in [0.2, 0.25) is 0 Å². The lowest BCUT2D eigenvalue weighted by Gasteiger charge is -2.55. The average molecular weight is 298 g/mol. The highest BCUT2D eigenvalue weighted by molar-refractivity contribution is 5.87. The number of allylic oxidation sites excluding steroid dienone is 3. The third-order valence-corrected chi connectivity index (χ3v) is 7.40. The first-order chi connectivity index (χ1) is 10.4. The van der Waals surface area contributed by atoms with Gasteiger partial charge in [0.25, 0.3) is 0 Å².